The van der Waals surface area contributed by atoms with Crippen LogP contribution >= 0.6 is 0 Å². The summed E-state index contributed by atoms with van der Waals surface area (Å²) in [6.45, 7) is 9.22. The van der Waals surface area contributed by atoms with Gasteiger partial charge >= 0.3 is 0 Å². The molecule has 2 aromatic rings. The molecule has 0 atom stereocenters. The molecule has 0 radical (unpaired) electrons. The maximum atomic E-state index is 2.40. The standard InChI is InChI=1S/C42H80N4/c1-3-5-7-9-11-13-15-17-19-21-23-25-27-29-33-43-37-39-45(41-43)35-31-32-36-46-40-38-44(42-46)34-30-28-26-24-22-20-18-16-14-12-10-8-6-4-2/h37-42H,3-36H2,1-2H3/q+2. The molecule has 0 saturated carbocycles. The number of imidazole rings is 2. The molecule has 0 N–H and O–H groups in total. The van der Waals surface area contributed by atoms with Crippen molar-refractivity contribution in [2.45, 2.75) is 233 Å². The third-order valence-corrected chi connectivity index (χ3v) is 10.1. The first-order valence-electron chi connectivity index (χ1n) is 20.9. The highest BCUT2D eigenvalue weighted by Gasteiger charge is 2.06. The molecule has 0 aliphatic rings. The molecule has 266 valence electrons. The summed E-state index contributed by atoms with van der Waals surface area (Å²) in [6.07, 6.45) is 56.2. The third-order valence-electron chi connectivity index (χ3n) is 10.1. The van der Waals surface area contributed by atoms with Crippen LogP contribution in [0.15, 0.2) is 37.4 Å². The van der Waals surface area contributed by atoms with Crippen LogP contribution < -0.4 is 9.13 Å². The van der Waals surface area contributed by atoms with E-state index in [4.69, 9.17) is 0 Å². The minimum Gasteiger partial charge on any atom is -0.237 e. The van der Waals surface area contributed by atoms with E-state index >= 15 is 0 Å². The quantitative estimate of drug-likeness (QED) is 0.0527. The molecule has 0 aliphatic heterocycles. The van der Waals surface area contributed by atoms with Crippen molar-refractivity contribution < 1.29 is 9.13 Å². The molecule has 0 amide bonds. The molecule has 0 unspecified atom stereocenters. The van der Waals surface area contributed by atoms with Gasteiger partial charge in [-0.2, -0.15) is 0 Å². The molecule has 0 saturated heterocycles. The lowest BCUT2D eigenvalue weighted by Crippen LogP contribution is -2.31. The molecule has 2 rings (SSSR count). The van der Waals surface area contributed by atoms with Gasteiger partial charge in [-0.15, -0.1) is 0 Å². The van der Waals surface area contributed by atoms with Crippen LogP contribution in [0.4, 0.5) is 0 Å². The van der Waals surface area contributed by atoms with Gasteiger partial charge in [-0.05, 0) is 38.5 Å². The van der Waals surface area contributed by atoms with Crippen molar-refractivity contribution in [3.63, 3.8) is 0 Å². The molecule has 0 spiro atoms. The average molecular weight is 641 g/mol. The van der Waals surface area contributed by atoms with Gasteiger partial charge in [-0.3, -0.25) is 0 Å². The van der Waals surface area contributed by atoms with E-state index < -0.39 is 0 Å². The highest BCUT2D eigenvalue weighted by Crippen LogP contribution is 2.14. The van der Waals surface area contributed by atoms with Crippen molar-refractivity contribution >= 4 is 0 Å². The predicted octanol–water partition coefficient (Wildman–Crippen LogP) is 12.3. The summed E-state index contributed by atoms with van der Waals surface area (Å²) in [4.78, 5) is 0. The van der Waals surface area contributed by atoms with E-state index in [1.165, 1.54) is 206 Å². The summed E-state index contributed by atoms with van der Waals surface area (Å²) in [5.41, 5.74) is 0. The van der Waals surface area contributed by atoms with Crippen LogP contribution in [0.3, 0.4) is 0 Å². The van der Waals surface area contributed by atoms with E-state index in [0.717, 1.165) is 13.1 Å². The van der Waals surface area contributed by atoms with E-state index in [0.29, 0.717) is 0 Å². The second kappa shape index (κ2) is 30.7. The Bertz CT molecular complexity index is 812. The molecular formula is C42H80N4+2. The fourth-order valence-corrected chi connectivity index (χ4v) is 6.97. The van der Waals surface area contributed by atoms with E-state index in [2.05, 4.69) is 69.6 Å². The molecule has 2 aromatic heterocycles. The zero-order chi connectivity index (χ0) is 32.6. The van der Waals surface area contributed by atoms with E-state index in [1.807, 2.05) is 0 Å². The van der Waals surface area contributed by atoms with Gasteiger partial charge in [0.05, 0.1) is 26.2 Å². The summed E-state index contributed by atoms with van der Waals surface area (Å²) in [5.74, 6) is 0. The van der Waals surface area contributed by atoms with E-state index in [-0.39, 0.29) is 0 Å². The highest BCUT2D eigenvalue weighted by atomic mass is 15.1. The molecule has 0 bridgehead atoms. The lowest BCUT2D eigenvalue weighted by atomic mass is 10.0. The van der Waals surface area contributed by atoms with Crippen LogP contribution in [0.1, 0.15) is 206 Å². The normalized spacial score (nSPS) is 11.6. The van der Waals surface area contributed by atoms with Gasteiger partial charge in [0.2, 0.25) is 12.7 Å². The van der Waals surface area contributed by atoms with Gasteiger partial charge in [-0.1, -0.05) is 168 Å². The van der Waals surface area contributed by atoms with Crippen LogP contribution in [0.25, 0.3) is 0 Å². The smallest absolute Gasteiger partial charge is 0.237 e. The van der Waals surface area contributed by atoms with E-state index in [1.54, 1.807) is 0 Å². The number of nitrogens with zero attached hydrogens (tertiary/aromatic N) is 4. The minimum absolute atomic E-state index is 1.13. The predicted molar refractivity (Wildman–Crippen MR) is 199 cm³/mol. The van der Waals surface area contributed by atoms with Crippen molar-refractivity contribution in [2.75, 3.05) is 0 Å². The summed E-state index contributed by atoms with van der Waals surface area (Å²) < 4.78 is 9.56. The van der Waals surface area contributed by atoms with Gasteiger partial charge in [0.25, 0.3) is 0 Å². The number of hydrogen-bond donors (Lipinski definition) is 0. The summed E-state index contributed by atoms with van der Waals surface area (Å²) >= 11 is 0. The Balaban J connectivity index is 1.35. The number of unbranched alkanes of at least 4 members (excludes halogenated alkanes) is 27. The summed E-state index contributed by atoms with van der Waals surface area (Å²) in [7, 11) is 0. The van der Waals surface area contributed by atoms with E-state index in [9.17, 15) is 0 Å². The Kier molecular flexibility index (Phi) is 27.1. The Labute approximate surface area is 287 Å². The van der Waals surface area contributed by atoms with Gasteiger partial charge in [0.1, 0.15) is 24.8 Å². The second-order valence-electron chi connectivity index (χ2n) is 14.7. The fourth-order valence-electron chi connectivity index (χ4n) is 6.97. The van der Waals surface area contributed by atoms with Crippen LogP contribution in [0.5, 0.6) is 0 Å². The number of hydrogen-bond acceptors (Lipinski definition) is 0. The number of aryl methyl sites for hydroxylation is 4. The van der Waals surface area contributed by atoms with Crippen molar-refractivity contribution in [3.8, 4) is 0 Å². The van der Waals surface area contributed by atoms with Crippen LogP contribution in [0.2, 0.25) is 0 Å². The molecule has 4 heteroatoms. The molecule has 0 aromatic carbocycles. The maximum absolute atomic E-state index is 2.40. The zero-order valence-electron chi connectivity index (χ0n) is 31.3. The zero-order valence-corrected chi connectivity index (χ0v) is 31.3. The third kappa shape index (κ3) is 23.7. The second-order valence-corrected chi connectivity index (χ2v) is 14.7. The highest BCUT2D eigenvalue weighted by molar-refractivity contribution is 4.68. The fraction of sp³-hybridized carbons (Fsp3) is 0.857. The van der Waals surface area contributed by atoms with Crippen molar-refractivity contribution in [1.29, 1.82) is 0 Å². The maximum Gasteiger partial charge on any atom is 0.243 e. The van der Waals surface area contributed by atoms with Crippen molar-refractivity contribution in [3.05, 3.63) is 37.4 Å². The first-order valence-corrected chi connectivity index (χ1v) is 20.9. The molecule has 0 fully saturated rings. The van der Waals surface area contributed by atoms with Crippen LogP contribution in [-0.4, -0.2) is 9.13 Å². The van der Waals surface area contributed by atoms with Crippen LogP contribution in [0, 0.1) is 0 Å². The lowest BCUT2D eigenvalue weighted by Gasteiger charge is -2.03. The topological polar surface area (TPSA) is 17.6 Å². The lowest BCUT2D eigenvalue weighted by molar-refractivity contribution is -0.697. The van der Waals surface area contributed by atoms with Gasteiger partial charge in [-0.25, -0.2) is 18.3 Å². The minimum atomic E-state index is 1.13. The monoisotopic (exact) mass is 641 g/mol. The number of rotatable bonds is 35. The first-order chi connectivity index (χ1) is 22.8. The van der Waals surface area contributed by atoms with Gasteiger partial charge in [0.15, 0.2) is 0 Å². The van der Waals surface area contributed by atoms with Gasteiger partial charge in [0, 0.05) is 0 Å². The Morgan fingerprint density at radius 1 is 0.326 bits per heavy atom. The molecule has 2 heterocycles. The molecule has 0 aliphatic carbocycles. The first kappa shape index (κ1) is 40.6. The van der Waals surface area contributed by atoms with Crippen molar-refractivity contribution in [1.82, 2.24) is 9.13 Å². The number of aromatic nitrogens is 4. The Morgan fingerprint density at radius 3 is 0.870 bits per heavy atom. The average Bonchev–Trinajstić information content (AvgIpc) is 3.72. The SMILES string of the molecule is CCCCCCCCCCCCCCCC[n+]1ccn(CCCCn2cc[n+](CCCCCCCCCCCCCCCC)c2)c1. The van der Waals surface area contributed by atoms with Crippen LogP contribution in [-0.2, 0) is 26.2 Å². The van der Waals surface area contributed by atoms with Gasteiger partial charge < -0.3 is 0 Å². The van der Waals surface area contributed by atoms with Crippen molar-refractivity contribution in [2.24, 2.45) is 0 Å². The molecular weight excluding hydrogens is 560 g/mol. The molecule has 46 heavy (non-hydrogen) atoms. The Hall–Kier alpha value is -1.58. The largest absolute Gasteiger partial charge is 0.243 e. The summed E-state index contributed by atoms with van der Waals surface area (Å²) in [5, 5.41) is 0. The summed E-state index contributed by atoms with van der Waals surface area (Å²) in [6, 6.07) is 0. The Morgan fingerprint density at radius 2 is 0.587 bits per heavy atom. The molecule has 4 nitrogen and oxygen atoms in total.